The summed E-state index contributed by atoms with van der Waals surface area (Å²) in [6.45, 7) is 13.3. The van der Waals surface area contributed by atoms with E-state index in [0.29, 0.717) is 12.3 Å². The van der Waals surface area contributed by atoms with Gasteiger partial charge in [0.25, 0.3) is 0 Å². The maximum Gasteiger partial charge on any atom is 0.346 e. The number of rotatable bonds is 15. The van der Waals surface area contributed by atoms with Crippen LogP contribution in [0.25, 0.3) is 0 Å². The van der Waals surface area contributed by atoms with Crippen molar-refractivity contribution in [3.8, 4) is 0 Å². The summed E-state index contributed by atoms with van der Waals surface area (Å²) in [6.07, 6.45) is 19.5. The van der Waals surface area contributed by atoms with Crippen LogP contribution in [0.2, 0.25) is 0 Å². The van der Waals surface area contributed by atoms with Gasteiger partial charge in [0.15, 0.2) is 0 Å². The second-order valence-corrected chi connectivity index (χ2v) is 11.7. The smallest absolute Gasteiger partial charge is 0.298 e. The molecule has 0 aromatic rings. The first-order chi connectivity index (χ1) is 16.4. The molecule has 0 aromatic carbocycles. The summed E-state index contributed by atoms with van der Waals surface area (Å²) in [5.74, 6) is -0.375. The van der Waals surface area contributed by atoms with Crippen molar-refractivity contribution in [3.63, 3.8) is 0 Å². The average molecular weight is 495 g/mol. The molecule has 202 valence electrons. The standard InChI is InChI=1S/C29H50O6/c1-8-9-10-15-18-24-21-20-23(22-25(24)27(31)33-35-29(5,6)7)17-14-12-11-13-16-19-26(30)32-34-28(2,3)4/h15,18,20-21,23-25H,8-14,16-17,19,22H2,1-7H3. The Morgan fingerprint density at radius 2 is 1.49 bits per heavy atom. The Kier molecular flexibility index (Phi) is 14.5. The lowest BCUT2D eigenvalue weighted by atomic mass is 9.77. The van der Waals surface area contributed by atoms with Gasteiger partial charge >= 0.3 is 11.9 Å². The monoisotopic (exact) mass is 494 g/mol. The Labute approximate surface area is 213 Å². The number of carbonyl (C=O) groups excluding carboxylic acids is 2. The van der Waals surface area contributed by atoms with E-state index in [4.69, 9.17) is 19.6 Å². The Bertz CT molecular complexity index is 668. The van der Waals surface area contributed by atoms with Gasteiger partial charge in [-0.3, -0.25) is 9.78 Å². The van der Waals surface area contributed by atoms with Crippen LogP contribution < -0.4 is 0 Å². The highest BCUT2D eigenvalue weighted by Crippen LogP contribution is 2.34. The fourth-order valence-electron chi connectivity index (χ4n) is 3.87. The van der Waals surface area contributed by atoms with Crippen LogP contribution in [0.1, 0.15) is 119 Å². The van der Waals surface area contributed by atoms with Gasteiger partial charge in [0.1, 0.15) is 11.2 Å². The summed E-state index contributed by atoms with van der Waals surface area (Å²) in [5, 5.41) is 0. The SMILES string of the molecule is CCCCC=CC1C=CC(CCCCCCCC(=O)OOC(C)(C)C)CC1C(=O)OOC(C)(C)C. The Hall–Kier alpha value is -1.66. The zero-order chi connectivity index (χ0) is 26.3. The molecule has 1 aliphatic rings. The van der Waals surface area contributed by atoms with Gasteiger partial charge in [0.05, 0.1) is 5.92 Å². The normalized spacial score (nSPS) is 20.8. The van der Waals surface area contributed by atoms with Gasteiger partial charge in [-0.25, -0.2) is 9.59 Å². The van der Waals surface area contributed by atoms with Crippen LogP contribution >= 0.6 is 0 Å². The molecule has 0 heterocycles. The van der Waals surface area contributed by atoms with Crippen LogP contribution in [0, 0.1) is 17.8 Å². The van der Waals surface area contributed by atoms with E-state index in [1.54, 1.807) is 0 Å². The van der Waals surface area contributed by atoms with Crippen molar-refractivity contribution >= 4 is 11.9 Å². The topological polar surface area (TPSA) is 71.1 Å². The van der Waals surface area contributed by atoms with Crippen LogP contribution in [0.4, 0.5) is 0 Å². The first-order valence-electron chi connectivity index (χ1n) is 13.5. The van der Waals surface area contributed by atoms with E-state index in [0.717, 1.165) is 64.2 Å². The van der Waals surface area contributed by atoms with E-state index in [2.05, 4.69) is 31.2 Å². The van der Waals surface area contributed by atoms with Crippen LogP contribution in [0.15, 0.2) is 24.3 Å². The van der Waals surface area contributed by atoms with Crippen LogP contribution in [0.5, 0.6) is 0 Å². The summed E-state index contributed by atoms with van der Waals surface area (Å²) < 4.78 is 0. The van der Waals surface area contributed by atoms with Gasteiger partial charge in [0.2, 0.25) is 0 Å². The molecule has 3 atom stereocenters. The van der Waals surface area contributed by atoms with Crippen molar-refractivity contribution < 1.29 is 29.1 Å². The highest BCUT2D eigenvalue weighted by Gasteiger charge is 2.33. The molecule has 0 N–H and O–H groups in total. The summed E-state index contributed by atoms with van der Waals surface area (Å²) >= 11 is 0. The second-order valence-electron chi connectivity index (χ2n) is 11.7. The van der Waals surface area contributed by atoms with Gasteiger partial charge in [-0.2, -0.15) is 9.78 Å². The third-order valence-electron chi connectivity index (χ3n) is 5.73. The first-order valence-corrected chi connectivity index (χ1v) is 13.5. The van der Waals surface area contributed by atoms with E-state index in [1.165, 1.54) is 0 Å². The molecule has 3 unspecified atom stereocenters. The van der Waals surface area contributed by atoms with Crippen molar-refractivity contribution in [1.29, 1.82) is 0 Å². The number of carbonyl (C=O) groups is 2. The molecule has 1 rings (SSSR count). The van der Waals surface area contributed by atoms with Crippen molar-refractivity contribution in [3.05, 3.63) is 24.3 Å². The van der Waals surface area contributed by atoms with Gasteiger partial charge < -0.3 is 0 Å². The molecule has 35 heavy (non-hydrogen) atoms. The number of hydrogen-bond acceptors (Lipinski definition) is 6. The van der Waals surface area contributed by atoms with Gasteiger partial charge in [-0.15, -0.1) is 0 Å². The third kappa shape index (κ3) is 15.8. The van der Waals surface area contributed by atoms with Gasteiger partial charge in [0, 0.05) is 12.3 Å². The fraction of sp³-hybridized carbons (Fsp3) is 0.793. The summed E-state index contributed by atoms with van der Waals surface area (Å²) in [6, 6.07) is 0. The van der Waals surface area contributed by atoms with Crippen LogP contribution in [-0.4, -0.2) is 23.1 Å². The molecule has 1 aliphatic carbocycles. The van der Waals surface area contributed by atoms with E-state index in [-0.39, 0.29) is 23.8 Å². The van der Waals surface area contributed by atoms with E-state index >= 15 is 0 Å². The third-order valence-corrected chi connectivity index (χ3v) is 5.73. The first kappa shape index (κ1) is 31.4. The highest BCUT2D eigenvalue weighted by molar-refractivity contribution is 5.73. The molecule has 0 bridgehead atoms. The van der Waals surface area contributed by atoms with Crippen molar-refractivity contribution in [2.45, 2.75) is 130 Å². The second kappa shape index (κ2) is 16.2. The number of hydrogen-bond donors (Lipinski definition) is 0. The quantitative estimate of drug-likeness (QED) is 0.1000. The molecule has 0 saturated heterocycles. The van der Waals surface area contributed by atoms with E-state index in [9.17, 15) is 9.59 Å². The van der Waals surface area contributed by atoms with Crippen molar-refractivity contribution in [2.24, 2.45) is 17.8 Å². The molecule has 0 saturated carbocycles. The Balaban J connectivity index is 2.41. The van der Waals surface area contributed by atoms with Crippen LogP contribution in [0.3, 0.4) is 0 Å². The fourth-order valence-corrected chi connectivity index (χ4v) is 3.87. The molecule has 0 radical (unpaired) electrons. The Morgan fingerprint density at radius 3 is 2.14 bits per heavy atom. The summed E-state index contributed by atoms with van der Waals surface area (Å²) in [7, 11) is 0. The lowest BCUT2D eigenvalue weighted by Gasteiger charge is -2.29. The molecule has 0 spiro atoms. The predicted molar refractivity (Wildman–Crippen MR) is 139 cm³/mol. The molecule has 0 aromatic heterocycles. The van der Waals surface area contributed by atoms with Gasteiger partial charge in [-0.1, -0.05) is 69.8 Å². The van der Waals surface area contributed by atoms with E-state index < -0.39 is 11.2 Å². The average Bonchev–Trinajstić information content (AvgIpc) is 2.77. The van der Waals surface area contributed by atoms with Crippen molar-refractivity contribution in [2.75, 3.05) is 0 Å². The zero-order valence-corrected chi connectivity index (χ0v) is 23.3. The maximum atomic E-state index is 12.8. The van der Waals surface area contributed by atoms with Gasteiger partial charge in [-0.05, 0) is 73.1 Å². The zero-order valence-electron chi connectivity index (χ0n) is 23.3. The molecule has 0 amide bonds. The summed E-state index contributed by atoms with van der Waals surface area (Å²) in [4.78, 5) is 44.9. The maximum absolute atomic E-state index is 12.8. The highest BCUT2D eigenvalue weighted by atomic mass is 17.2. The number of unbranched alkanes of at least 4 members (excludes halogenated alkanes) is 6. The molecular formula is C29H50O6. The predicted octanol–water partition coefficient (Wildman–Crippen LogP) is 7.82. The minimum Gasteiger partial charge on any atom is -0.298 e. The molecule has 0 aliphatic heterocycles. The molecule has 0 fully saturated rings. The number of allylic oxidation sites excluding steroid dienone is 4. The molecule has 6 nitrogen and oxygen atoms in total. The van der Waals surface area contributed by atoms with E-state index in [1.807, 2.05) is 41.5 Å². The summed E-state index contributed by atoms with van der Waals surface area (Å²) in [5.41, 5.74) is -1.01. The Morgan fingerprint density at radius 1 is 0.857 bits per heavy atom. The van der Waals surface area contributed by atoms with Crippen LogP contribution in [-0.2, 0) is 29.1 Å². The molecular weight excluding hydrogens is 444 g/mol. The largest absolute Gasteiger partial charge is 0.346 e. The lowest BCUT2D eigenvalue weighted by Crippen LogP contribution is -2.31. The minimum atomic E-state index is -0.525. The van der Waals surface area contributed by atoms with Crippen molar-refractivity contribution in [1.82, 2.24) is 0 Å². The molecule has 6 heteroatoms. The minimum absolute atomic E-state index is 0.0567. The lowest BCUT2D eigenvalue weighted by molar-refractivity contribution is -0.323.